The number of allylic oxidation sites excluding steroid dienone is 6. The summed E-state index contributed by atoms with van der Waals surface area (Å²) in [4.78, 5) is 4.77. The molecule has 0 saturated carbocycles. The fourth-order valence-corrected chi connectivity index (χ4v) is 2.58. The van der Waals surface area contributed by atoms with E-state index in [4.69, 9.17) is 4.84 Å². The predicted molar refractivity (Wildman–Crippen MR) is 120 cm³/mol. The molecule has 0 spiro atoms. The molecular weight excluding hydrogens is 391 g/mol. The summed E-state index contributed by atoms with van der Waals surface area (Å²) in [6, 6.07) is 0. The van der Waals surface area contributed by atoms with Gasteiger partial charge in [0.2, 0.25) is 0 Å². The summed E-state index contributed by atoms with van der Waals surface area (Å²) < 4.78 is 37.1. The van der Waals surface area contributed by atoms with Crippen LogP contribution in [0.3, 0.4) is 0 Å². The van der Waals surface area contributed by atoms with E-state index >= 15 is 0 Å². The van der Waals surface area contributed by atoms with E-state index in [2.05, 4.69) is 37.6 Å². The maximum Gasteiger partial charge on any atom is 0.413 e. The summed E-state index contributed by atoms with van der Waals surface area (Å²) in [5.41, 5.74) is 5.61. The van der Waals surface area contributed by atoms with Crippen LogP contribution in [0.15, 0.2) is 71.1 Å². The Hall–Kier alpha value is -2.25. The Morgan fingerprint density at radius 3 is 2.30 bits per heavy atom. The van der Waals surface area contributed by atoms with Gasteiger partial charge in [0.05, 0.1) is 0 Å². The summed E-state index contributed by atoms with van der Waals surface area (Å²) in [7, 11) is 3.28. The van der Waals surface area contributed by atoms with Crippen molar-refractivity contribution < 1.29 is 18.0 Å². The minimum Gasteiger partial charge on any atom is -0.388 e. The molecule has 0 heterocycles. The molecule has 0 saturated heterocycles. The SMILES string of the molecule is C=C(C)/C=C(/CN\C=C(C(=C)NC)/C(/C=C\C)=C(/C)CC)CN(C)OCC(F)(F)F. The van der Waals surface area contributed by atoms with Gasteiger partial charge in [0, 0.05) is 44.7 Å². The van der Waals surface area contributed by atoms with Crippen molar-refractivity contribution in [3.63, 3.8) is 0 Å². The smallest absolute Gasteiger partial charge is 0.388 e. The molecule has 0 atom stereocenters. The monoisotopic (exact) mass is 427 g/mol. The first-order chi connectivity index (χ1) is 13.9. The molecular formula is C23H36F3N3O. The van der Waals surface area contributed by atoms with E-state index in [1.165, 1.54) is 17.7 Å². The molecule has 0 aliphatic heterocycles. The predicted octanol–water partition coefficient (Wildman–Crippen LogP) is 5.42. The highest BCUT2D eigenvalue weighted by molar-refractivity contribution is 5.52. The number of hydrogen-bond acceptors (Lipinski definition) is 4. The largest absolute Gasteiger partial charge is 0.413 e. The average molecular weight is 428 g/mol. The molecule has 0 aliphatic rings. The normalized spacial score (nSPS) is 14.2. The van der Waals surface area contributed by atoms with Gasteiger partial charge >= 0.3 is 6.18 Å². The van der Waals surface area contributed by atoms with Gasteiger partial charge in [-0.2, -0.15) is 18.2 Å². The van der Waals surface area contributed by atoms with E-state index in [1.807, 2.05) is 45.3 Å². The van der Waals surface area contributed by atoms with Crippen LogP contribution in [-0.4, -0.2) is 45.0 Å². The van der Waals surface area contributed by atoms with Crippen molar-refractivity contribution in [1.29, 1.82) is 0 Å². The van der Waals surface area contributed by atoms with Crippen molar-refractivity contribution in [2.45, 2.75) is 40.3 Å². The van der Waals surface area contributed by atoms with Gasteiger partial charge in [-0.1, -0.05) is 49.5 Å². The molecule has 0 radical (unpaired) electrons. The fourth-order valence-electron chi connectivity index (χ4n) is 2.58. The number of hydrogen-bond donors (Lipinski definition) is 2. The highest BCUT2D eigenvalue weighted by Crippen LogP contribution is 2.23. The standard InChI is InChI=1S/C23H36F3N3O/c1-9-11-21(18(5)10-2)22(19(6)27-7)14-28-13-20(12-17(3)4)15-29(8)30-16-23(24,25)26/h9,11-12,14,27-28H,3,6,10,13,15-16H2,1-2,4-5,7-8H3/b11-9-,20-12-,21-18-,22-14-. The maximum absolute atomic E-state index is 12.4. The quantitative estimate of drug-likeness (QED) is 0.304. The van der Waals surface area contributed by atoms with Crippen LogP contribution in [0.25, 0.3) is 0 Å². The molecule has 4 nitrogen and oxygen atoms in total. The summed E-state index contributed by atoms with van der Waals surface area (Å²) in [6.45, 7) is 15.2. The number of alkyl halides is 3. The Morgan fingerprint density at radius 1 is 1.20 bits per heavy atom. The number of nitrogens with zero attached hydrogens (tertiary/aromatic N) is 1. The van der Waals surface area contributed by atoms with E-state index in [-0.39, 0.29) is 6.54 Å². The van der Waals surface area contributed by atoms with Crippen molar-refractivity contribution in [1.82, 2.24) is 15.7 Å². The summed E-state index contributed by atoms with van der Waals surface area (Å²) in [6.07, 6.45) is 4.25. The molecule has 0 amide bonds. The highest BCUT2D eigenvalue weighted by atomic mass is 19.4. The molecule has 0 unspecified atom stereocenters. The van der Waals surface area contributed by atoms with E-state index in [0.29, 0.717) is 6.54 Å². The summed E-state index contributed by atoms with van der Waals surface area (Å²) in [5, 5.41) is 7.51. The van der Waals surface area contributed by atoms with E-state index in [1.54, 1.807) is 0 Å². The van der Waals surface area contributed by atoms with Gasteiger partial charge in [-0.15, -0.1) is 0 Å². The Labute approximate surface area is 179 Å². The zero-order valence-electron chi connectivity index (χ0n) is 19.0. The van der Waals surface area contributed by atoms with Crippen molar-refractivity contribution in [3.8, 4) is 0 Å². The molecule has 0 bridgehead atoms. The zero-order chi connectivity index (χ0) is 23.3. The number of halogens is 3. The second-order valence-corrected chi connectivity index (χ2v) is 7.04. The lowest BCUT2D eigenvalue weighted by Crippen LogP contribution is -2.30. The van der Waals surface area contributed by atoms with Crippen LogP contribution in [0.5, 0.6) is 0 Å². The van der Waals surface area contributed by atoms with Gasteiger partial charge in [0.25, 0.3) is 0 Å². The molecule has 0 aromatic heterocycles. The van der Waals surface area contributed by atoms with Crippen molar-refractivity contribution in [2.24, 2.45) is 0 Å². The second-order valence-electron chi connectivity index (χ2n) is 7.04. The minimum absolute atomic E-state index is 0.206. The number of rotatable bonds is 13. The van der Waals surface area contributed by atoms with Crippen molar-refractivity contribution in [2.75, 3.05) is 33.8 Å². The van der Waals surface area contributed by atoms with Crippen molar-refractivity contribution in [3.05, 3.63) is 71.1 Å². The lowest BCUT2D eigenvalue weighted by atomic mass is 9.97. The average Bonchev–Trinajstić information content (AvgIpc) is 2.66. The van der Waals surface area contributed by atoms with Crippen LogP contribution in [0.2, 0.25) is 0 Å². The van der Waals surface area contributed by atoms with Crippen LogP contribution in [-0.2, 0) is 4.84 Å². The molecule has 170 valence electrons. The first-order valence-electron chi connectivity index (χ1n) is 9.84. The molecule has 0 rings (SSSR count). The molecule has 2 N–H and O–H groups in total. The molecule has 30 heavy (non-hydrogen) atoms. The first-order valence-corrected chi connectivity index (χ1v) is 9.84. The van der Waals surface area contributed by atoms with Gasteiger partial charge in [-0.25, -0.2) is 0 Å². The van der Waals surface area contributed by atoms with Crippen LogP contribution in [0, 0.1) is 0 Å². The molecule has 0 aromatic carbocycles. The topological polar surface area (TPSA) is 36.5 Å². The number of likely N-dealkylation sites (N-methyl/N-ethyl adjacent to an activating group) is 2. The zero-order valence-corrected chi connectivity index (χ0v) is 19.0. The summed E-state index contributed by atoms with van der Waals surface area (Å²) >= 11 is 0. The van der Waals surface area contributed by atoms with Crippen molar-refractivity contribution >= 4 is 0 Å². The second kappa shape index (κ2) is 13.9. The van der Waals surface area contributed by atoms with Crippen LogP contribution < -0.4 is 10.6 Å². The Morgan fingerprint density at radius 2 is 1.83 bits per heavy atom. The fraction of sp³-hybridized carbons (Fsp3) is 0.478. The third kappa shape index (κ3) is 11.7. The summed E-state index contributed by atoms with van der Waals surface area (Å²) in [5.74, 6) is 0. The lowest BCUT2D eigenvalue weighted by Gasteiger charge is -2.20. The van der Waals surface area contributed by atoms with E-state index in [9.17, 15) is 13.2 Å². The van der Waals surface area contributed by atoms with Gasteiger partial charge in [-0.3, -0.25) is 4.84 Å². The van der Waals surface area contributed by atoms with Crippen LogP contribution >= 0.6 is 0 Å². The third-order valence-corrected chi connectivity index (χ3v) is 4.14. The highest BCUT2D eigenvalue weighted by Gasteiger charge is 2.28. The Balaban J connectivity index is 5.49. The van der Waals surface area contributed by atoms with Crippen LogP contribution in [0.4, 0.5) is 13.2 Å². The number of nitrogens with one attached hydrogen (secondary N) is 2. The molecule has 7 heteroatoms. The van der Waals surface area contributed by atoms with E-state index < -0.39 is 12.8 Å². The first kappa shape index (κ1) is 27.8. The lowest BCUT2D eigenvalue weighted by molar-refractivity contribution is -0.241. The Kier molecular flexibility index (Phi) is 12.8. The van der Waals surface area contributed by atoms with E-state index in [0.717, 1.165) is 34.4 Å². The molecule has 0 aromatic rings. The van der Waals surface area contributed by atoms with Gasteiger partial charge < -0.3 is 10.6 Å². The molecule has 0 fully saturated rings. The van der Waals surface area contributed by atoms with Crippen LogP contribution in [0.1, 0.15) is 34.1 Å². The third-order valence-electron chi connectivity index (χ3n) is 4.14. The minimum atomic E-state index is -4.37. The number of hydroxylamine groups is 2. The van der Waals surface area contributed by atoms with Gasteiger partial charge in [0.1, 0.15) is 0 Å². The maximum atomic E-state index is 12.4. The van der Waals surface area contributed by atoms with Gasteiger partial charge in [0.15, 0.2) is 6.61 Å². The van der Waals surface area contributed by atoms with Gasteiger partial charge in [-0.05, 0) is 38.3 Å². The molecule has 0 aliphatic carbocycles. The Bertz CT molecular complexity index is 701.